The largest absolute Gasteiger partial charge is 0.480 e. The summed E-state index contributed by atoms with van der Waals surface area (Å²) < 4.78 is 5.62. The lowest BCUT2D eigenvalue weighted by Crippen LogP contribution is -2.61. The van der Waals surface area contributed by atoms with E-state index in [-0.39, 0.29) is 18.4 Å². The highest BCUT2D eigenvalue weighted by atomic mass is 16.5. The minimum Gasteiger partial charge on any atom is -0.480 e. The van der Waals surface area contributed by atoms with Crippen LogP contribution in [0.2, 0.25) is 0 Å². The quantitative estimate of drug-likeness (QED) is 0.534. The molecule has 0 aromatic heterocycles. The fourth-order valence-corrected chi connectivity index (χ4v) is 4.71. The maximum absolute atomic E-state index is 13.0. The summed E-state index contributed by atoms with van der Waals surface area (Å²) in [4.78, 5) is 37.3. The number of aliphatic carboxylic acids is 1. The van der Waals surface area contributed by atoms with Gasteiger partial charge in [0.1, 0.15) is 18.2 Å². The highest BCUT2D eigenvalue weighted by molar-refractivity contribution is 5.93. The molecule has 7 heteroatoms. The molecule has 0 bridgehead atoms. The molecular weight excluding hydrogens is 420 g/mol. The minimum absolute atomic E-state index is 0.0472. The number of rotatable bonds is 9. The summed E-state index contributed by atoms with van der Waals surface area (Å²) in [6.45, 7) is 3.65. The Balaban J connectivity index is 1.44. The van der Waals surface area contributed by atoms with Gasteiger partial charge in [-0.15, -0.1) is 0 Å². The summed E-state index contributed by atoms with van der Waals surface area (Å²) in [5, 5.41) is 14.7. The molecule has 1 unspecified atom stereocenters. The first-order valence-electron chi connectivity index (χ1n) is 11.5. The summed E-state index contributed by atoms with van der Waals surface area (Å²) >= 11 is 0. The van der Waals surface area contributed by atoms with Crippen molar-refractivity contribution in [2.45, 2.75) is 57.0 Å². The zero-order valence-electron chi connectivity index (χ0n) is 19.0. The average molecular weight is 451 g/mol. The third-order valence-corrected chi connectivity index (χ3v) is 6.75. The first-order valence-corrected chi connectivity index (χ1v) is 11.5. The Kier molecular flexibility index (Phi) is 6.40. The van der Waals surface area contributed by atoms with Crippen molar-refractivity contribution < 1.29 is 24.2 Å². The molecule has 0 aliphatic heterocycles. The van der Waals surface area contributed by atoms with Gasteiger partial charge in [-0.25, -0.2) is 9.59 Å². The molecule has 1 saturated carbocycles. The molecule has 4 rings (SSSR count). The van der Waals surface area contributed by atoms with E-state index in [1.807, 2.05) is 43.3 Å². The number of carbonyl (C=O) groups excluding carboxylic acids is 2. The van der Waals surface area contributed by atoms with E-state index < -0.39 is 29.6 Å². The van der Waals surface area contributed by atoms with Crippen LogP contribution >= 0.6 is 0 Å². The van der Waals surface area contributed by atoms with Gasteiger partial charge < -0.3 is 20.5 Å². The summed E-state index contributed by atoms with van der Waals surface area (Å²) in [5.74, 6) is -1.69. The molecule has 2 aromatic rings. The third kappa shape index (κ3) is 4.58. The van der Waals surface area contributed by atoms with Gasteiger partial charge in [0, 0.05) is 5.92 Å². The molecule has 0 spiro atoms. The molecule has 174 valence electrons. The van der Waals surface area contributed by atoms with Gasteiger partial charge in [-0.05, 0) is 54.4 Å². The second-order valence-corrected chi connectivity index (χ2v) is 9.08. The Labute approximate surface area is 193 Å². The van der Waals surface area contributed by atoms with E-state index in [4.69, 9.17) is 4.74 Å². The first-order chi connectivity index (χ1) is 15.8. The molecule has 2 aliphatic carbocycles. The van der Waals surface area contributed by atoms with Crippen LogP contribution in [0.3, 0.4) is 0 Å². The number of ether oxygens (including phenoxy) is 1. The number of alkyl carbamates (subject to hydrolysis) is 1. The molecule has 2 aromatic carbocycles. The number of nitrogens with one attached hydrogen (secondary N) is 2. The van der Waals surface area contributed by atoms with Crippen molar-refractivity contribution in [2.24, 2.45) is 5.92 Å². The van der Waals surface area contributed by atoms with Crippen LogP contribution < -0.4 is 10.6 Å². The number of hydrogen-bond donors (Lipinski definition) is 3. The normalized spacial score (nSPS) is 17.3. The van der Waals surface area contributed by atoms with Crippen molar-refractivity contribution in [2.75, 3.05) is 6.61 Å². The molecule has 2 aliphatic rings. The summed E-state index contributed by atoms with van der Waals surface area (Å²) in [6.07, 6.45) is 1.85. The van der Waals surface area contributed by atoms with Crippen molar-refractivity contribution in [3.8, 4) is 11.1 Å². The zero-order valence-corrected chi connectivity index (χ0v) is 19.0. The van der Waals surface area contributed by atoms with Crippen LogP contribution in [-0.4, -0.2) is 41.3 Å². The predicted octanol–water partition coefficient (Wildman–Crippen LogP) is 4.06. The molecule has 0 radical (unpaired) electrons. The lowest BCUT2D eigenvalue weighted by atomic mass is 9.94. The smallest absolute Gasteiger partial charge is 0.408 e. The molecule has 2 amide bonds. The lowest BCUT2D eigenvalue weighted by molar-refractivity contribution is -0.143. The Morgan fingerprint density at radius 1 is 1.06 bits per heavy atom. The molecule has 0 heterocycles. The van der Waals surface area contributed by atoms with Crippen LogP contribution in [0.15, 0.2) is 48.5 Å². The van der Waals surface area contributed by atoms with Gasteiger partial charge in [0.05, 0.1) is 0 Å². The molecule has 7 nitrogen and oxygen atoms in total. The molecule has 33 heavy (non-hydrogen) atoms. The van der Waals surface area contributed by atoms with E-state index in [1.54, 1.807) is 6.92 Å². The fourth-order valence-electron chi connectivity index (χ4n) is 4.71. The minimum atomic E-state index is -1.22. The van der Waals surface area contributed by atoms with E-state index in [0.29, 0.717) is 12.8 Å². The lowest BCUT2D eigenvalue weighted by Gasteiger charge is -2.31. The molecule has 1 fully saturated rings. The van der Waals surface area contributed by atoms with Gasteiger partial charge in [0.15, 0.2) is 0 Å². The summed E-state index contributed by atoms with van der Waals surface area (Å²) in [7, 11) is 0. The Morgan fingerprint density at radius 2 is 1.64 bits per heavy atom. The van der Waals surface area contributed by atoms with E-state index in [2.05, 4.69) is 22.8 Å². The molecule has 2 atom stereocenters. The summed E-state index contributed by atoms with van der Waals surface area (Å²) in [5.41, 5.74) is 3.28. The number of amides is 2. The van der Waals surface area contributed by atoms with Crippen molar-refractivity contribution in [3.63, 3.8) is 0 Å². The second-order valence-electron chi connectivity index (χ2n) is 9.08. The van der Waals surface area contributed by atoms with Gasteiger partial charge in [-0.1, -0.05) is 61.9 Å². The van der Waals surface area contributed by atoms with Crippen LogP contribution in [0.1, 0.15) is 56.6 Å². The van der Waals surface area contributed by atoms with Crippen molar-refractivity contribution in [1.29, 1.82) is 0 Å². The van der Waals surface area contributed by atoms with Gasteiger partial charge in [0.25, 0.3) is 0 Å². The van der Waals surface area contributed by atoms with Gasteiger partial charge in [-0.3, -0.25) is 4.79 Å². The fraction of sp³-hybridized carbons (Fsp3) is 0.423. The highest BCUT2D eigenvalue weighted by Crippen LogP contribution is 2.44. The molecule has 3 N–H and O–H groups in total. The predicted molar refractivity (Wildman–Crippen MR) is 124 cm³/mol. The monoisotopic (exact) mass is 450 g/mol. The van der Waals surface area contributed by atoms with Crippen LogP contribution in [0.4, 0.5) is 4.79 Å². The number of carboxylic acids is 1. The number of hydrogen-bond acceptors (Lipinski definition) is 4. The standard InChI is InChI=1S/C26H30N2O5/c1-3-8-22(23(29)30)27-24(31)26(2,16-13-14-16)28-25(32)33-15-21-19-11-6-4-9-17(19)18-10-5-7-12-20(18)21/h4-7,9-12,16,21-22H,3,8,13-15H2,1-2H3,(H,27,31)(H,28,32)(H,29,30)/t22-,26?/m1/s1. The highest BCUT2D eigenvalue weighted by Gasteiger charge is 2.49. The number of benzene rings is 2. The molecular formula is C26H30N2O5. The van der Waals surface area contributed by atoms with Crippen LogP contribution in [0, 0.1) is 5.92 Å². The Hall–Kier alpha value is -3.35. The number of carboxylic acid groups (broad SMARTS) is 1. The van der Waals surface area contributed by atoms with Crippen molar-refractivity contribution >= 4 is 18.0 Å². The maximum Gasteiger partial charge on any atom is 0.408 e. The third-order valence-electron chi connectivity index (χ3n) is 6.75. The Bertz CT molecular complexity index is 1020. The number of fused-ring (bicyclic) bond motifs is 3. The summed E-state index contributed by atoms with van der Waals surface area (Å²) in [6, 6.07) is 15.2. The maximum atomic E-state index is 13.0. The number of carbonyl (C=O) groups is 3. The van der Waals surface area contributed by atoms with E-state index >= 15 is 0 Å². The van der Waals surface area contributed by atoms with E-state index in [0.717, 1.165) is 35.1 Å². The van der Waals surface area contributed by atoms with Crippen molar-refractivity contribution in [3.05, 3.63) is 59.7 Å². The van der Waals surface area contributed by atoms with Crippen LogP contribution in [-0.2, 0) is 14.3 Å². The van der Waals surface area contributed by atoms with Gasteiger partial charge >= 0.3 is 12.1 Å². The first kappa shape index (κ1) is 22.8. The SMILES string of the molecule is CCC[C@@H](NC(=O)C(C)(NC(=O)OCC1c2ccccc2-c2ccccc21)C1CC1)C(=O)O. The van der Waals surface area contributed by atoms with Gasteiger partial charge in [0.2, 0.25) is 5.91 Å². The zero-order chi connectivity index (χ0) is 23.6. The average Bonchev–Trinajstić information content (AvgIpc) is 3.61. The second kappa shape index (κ2) is 9.25. The molecule has 0 saturated heterocycles. The van der Waals surface area contributed by atoms with Gasteiger partial charge in [-0.2, -0.15) is 0 Å². The van der Waals surface area contributed by atoms with Crippen LogP contribution in [0.5, 0.6) is 0 Å². The topological polar surface area (TPSA) is 105 Å². The Morgan fingerprint density at radius 3 is 2.15 bits per heavy atom. The van der Waals surface area contributed by atoms with Crippen molar-refractivity contribution in [1.82, 2.24) is 10.6 Å². The van der Waals surface area contributed by atoms with Crippen LogP contribution in [0.25, 0.3) is 11.1 Å². The van der Waals surface area contributed by atoms with E-state index in [9.17, 15) is 19.5 Å². The van der Waals surface area contributed by atoms with E-state index in [1.165, 1.54) is 0 Å².